The zero-order valence-corrected chi connectivity index (χ0v) is 14.4. The van der Waals surface area contributed by atoms with E-state index in [9.17, 15) is 0 Å². The molecular weight excluding hydrogens is 296 g/mol. The zero-order valence-electron chi connectivity index (χ0n) is 13.4. The van der Waals surface area contributed by atoms with E-state index in [2.05, 4.69) is 0 Å². The van der Waals surface area contributed by atoms with Crippen LogP contribution in [0.3, 0.4) is 0 Å². The molecule has 8 heteroatoms. The van der Waals surface area contributed by atoms with Gasteiger partial charge in [0.05, 0.1) is 19.3 Å². The molecule has 2 aliphatic heterocycles. The molecule has 7 nitrogen and oxygen atoms in total. The fourth-order valence-corrected chi connectivity index (χ4v) is 5.36. The first-order chi connectivity index (χ1) is 10.1. The molecule has 4 atom stereocenters. The maximum absolute atomic E-state index is 6.00. The largest absolute Gasteiger partial charge is 0.503 e. The molecule has 0 aliphatic carbocycles. The van der Waals surface area contributed by atoms with E-state index in [0.29, 0.717) is 19.6 Å². The van der Waals surface area contributed by atoms with Crippen LogP contribution in [0.1, 0.15) is 19.8 Å². The van der Waals surface area contributed by atoms with Crippen LogP contribution < -0.4 is 0 Å². The molecule has 124 valence electrons. The predicted octanol–water partition coefficient (Wildman–Crippen LogP) is 1.15. The van der Waals surface area contributed by atoms with Gasteiger partial charge in [-0.25, -0.2) is 0 Å². The van der Waals surface area contributed by atoms with Crippen molar-refractivity contribution in [2.75, 3.05) is 41.7 Å². The van der Waals surface area contributed by atoms with Crippen molar-refractivity contribution in [1.82, 2.24) is 0 Å². The van der Waals surface area contributed by atoms with Crippen LogP contribution in [0.4, 0.5) is 0 Å². The minimum atomic E-state index is -2.67. The monoisotopic (exact) mass is 322 g/mol. The molecule has 0 bridgehead atoms. The van der Waals surface area contributed by atoms with E-state index < -0.39 is 14.8 Å². The van der Waals surface area contributed by atoms with Gasteiger partial charge in [-0.05, 0) is 6.42 Å². The molecule has 0 aromatic carbocycles. The molecule has 2 saturated heterocycles. The van der Waals surface area contributed by atoms with E-state index >= 15 is 0 Å². The molecule has 0 aromatic rings. The molecule has 0 aromatic heterocycles. The third-order valence-electron chi connectivity index (χ3n) is 4.24. The number of ether oxygens (including phenoxy) is 4. The Morgan fingerprint density at radius 3 is 2.38 bits per heavy atom. The SMILES string of the molecule is COC1CCOC12OCC(CC(C)[Si](OC)(OC)OC)O2. The highest BCUT2D eigenvalue weighted by molar-refractivity contribution is 6.62. The van der Waals surface area contributed by atoms with E-state index in [-0.39, 0.29) is 17.7 Å². The van der Waals surface area contributed by atoms with Crippen molar-refractivity contribution in [1.29, 1.82) is 0 Å². The van der Waals surface area contributed by atoms with Gasteiger partial charge in [0.1, 0.15) is 6.10 Å². The average Bonchev–Trinajstić information content (AvgIpc) is 3.09. The Bertz CT molecular complexity index is 330. The first-order valence-corrected chi connectivity index (χ1v) is 9.00. The van der Waals surface area contributed by atoms with E-state index in [1.807, 2.05) is 6.92 Å². The zero-order chi connectivity index (χ0) is 15.5. The van der Waals surface area contributed by atoms with Crippen molar-refractivity contribution in [3.63, 3.8) is 0 Å². The first-order valence-electron chi connectivity index (χ1n) is 7.19. The minimum absolute atomic E-state index is 0.0867. The highest BCUT2D eigenvalue weighted by Crippen LogP contribution is 2.40. The minimum Gasteiger partial charge on any atom is -0.377 e. The Kier molecular flexibility index (Phi) is 5.77. The van der Waals surface area contributed by atoms with Crippen LogP contribution in [0.25, 0.3) is 0 Å². The van der Waals surface area contributed by atoms with Crippen LogP contribution in [0, 0.1) is 0 Å². The third-order valence-corrected chi connectivity index (χ3v) is 7.39. The van der Waals surface area contributed by atoms with Crippen LogP contribution in [-0.4, -0.2) is 68.6 Å². The molecular formula is C13H26O7Si. The Morgan fingerprint density at radius 2 is 1.81 bits per heavy atom. The lowest BCUT2D eigenvalue weighted by molar-refractivity contribution is -0.347. The lowest BCUT2D eigenvalue weighted by atomic mass is 10.2. The van der Waals surface area contributed by atoms with Crippen LogP contribution in [0.15, 0.2) is 0 Å². The number of hydrogen-bond acceptors (Lipinski definition) is 7. The quantitative estimate of drug-likeness (QED) is 0.651. The first kappa shape index (κ1) is 17.3. The van der Waals surface area contributed by atoms with Gasteiger partial charge in [0.2, 0.25) is 0 Å². The summed E-state index contributed by atoms with van der Waals surface area (Å²) in [5, 5.41) is 0. The van der Waals surface area contributed by atoms with Gasteiger partial charge in [-0.3, -0.25) is 0 Å². The molecule has 0 amide bonds. The second-order valence-corrected chi connectivity index (χ2v) is 8.79. The standard InChI is InChI=1S/C13H26O7Si/c1-10(21(15-3,16-4)17-5)8-11-9-19-13(20-11)12(14-2)6-7-18-13/h10-12H,6-9H2,1-5H3. The number of hydrogen-bond donors (Lipinski definition) is 0. The Hall–Kier alpha value is -0.0631. The molecule has 0 N–H and O–H groups in total. The fraction of sp³-hybridized carbons (Fsp3) is 1.00. The molecule has 2 rings (SSSR count). The summed E-state index contributed by atoms with van der Waals surface area (Å²) in [4.78, 5) is 0. The number of rotatable bonds is 7. The van der Waals surface area contributed by atoms with Crippen LogP contribution >= 0.6 is 0 Å². The molecule has 0 radical (unpaired) electrons. The van der Waals surface area contributed by atoms with Crippen molar-refractivity contribution in [3.05, 3.63) is 0 Å². The van der Waals surface area contributed by atoms with E-state index in [1.165, 1.54) is 0 Å². The van der Waals surface area contributed by atoms with Gasteiger partial charge in [-0.15, -0.1) is 0 Å². The Labute approximate surface area is 127 Å². The van der Waals surface area contributed by atoms with Crippen molar-refractivity contribution in [3.8, 4) is 0 Å². The van der Waals surface area contributed by atoms with Gasteiger partial charge in [-0.2, -0.15) is 0 Å². The summed E-state index contributed by atoms with van der Waals surface area (Å²) >= 11 is 0. The van der Waals surface area contributed by atoms with Crippen molar-refractivity contribution in [2.24, 2.45) is 0 Å². The molecule has 21 heavy (non-hydrogen) atoms. The topological polar surface area (TPSA) is 64.6 Å². The maximum Gasteiger partial charge on any atom is 0.503 e. The van der Waals surface area contributed by atoms with Crippen molar-refractivity contribution >= 4 is 8.80 Å². The molecule has 2 heterocycles. The highest BCUT2D eigenvalue weighted by atomic mass is 28.4. The lowest BCUT2D eigenvalue weighted by Crippen LogP contribution is -2.48. The summed E-state index contributed by atoms with van der Waals surface area (Å²) in [6.07, 6.45) is 1.20. The van der Waals surface area contributed by atoms with Crippen LogP contribution in [-0.2, 0) is 32.2 Å². The highest BCUT2D eigenvalue weighted by Gasteiger charge is 2.55. The third kappa shape index (κ3) is 3.18. The fourth-order valence-electron chi connectivity index (χ4n) is 3.10. The summed E-state index contributed by atoms with van der Waals surface area (Å²) in [6, 6.07) is 0. The van der Waals surface area contributed by atoms with E-state index in [1.54, 1.807) is 28.4 Å². The lowest BCUT2D eigenvalue weighted by Gasteiger charge is -2.31. The second kappa shape index (κ2) is 7.01. The normalized spacial score (nSPS) is 34.7. The Morgan fingerprint density at radius 1 is 1.14 bits per heavy atom. The van der Waals surface area contributed by atoms with Gasteiger partial charge < -0.3 is 32.2 Å². The molecule has 1 spiro atoms. The van der Waals surface area contributed by atoms with E-state index in [4.69, 9.17) is 32.2 Å². The van der Waals surface area contributed by atoms with Gasteiger partial charge in [0.15, 0.2) is 0 Å². The van der Waals surface area contributed by atoms with Gasteiger partial charge in [0.25, 0.3) is 0 Å². The molecule has 0 saturated carbocycles. The Balaban J connectivity index is 1.96. The maximum atomic E-state index is 6.00. The van der Waals surface area contributed by atoms with Gasteiger partial charge in [0, 0.05) is 40.4 Å². The predicted molar refractivity (Wildman–Crippen MR) is 75.7 cm³/mol. The molecule has 2 aliphatic rings. The molecule has 2 fully saturated rings. The summed E-state index contributed by atoms with van der Waals surface area (Å²) in [6.45, 7) is 3.08. The van der Waals surface area contributed by atoms with Crippen molar-refractivity contribution in [2.45, 2.75) is 43.5 Å². The molecule has 4 unspecified atom stereocenters. The van der Waals surface area contributed by atoms with Crippen molar-refractivity contribution < 1.29 is 32.2 Å². The van der Waals surface area contributed by atoms with Crippen LogP contribution in [0.2, 0.25) is 5.54 Å². The summed E-state index contributed by atoms with van der Waals surface area (Å²) in [5.41, 5.74) is 0.0867. The second-order valence-electron chi connectivity index (χ2n) is 5.37. The van der Waals surface area contributed by atoms with Crippen LogP contribution in [0.5, 0.6) is 0 Å². The van der Waals surface area contributed by atoms with Gasteiger partial charge >= 0.3 is 14.8 Å². The number of methoxy groups -OCH3 is 1. The summed E-state index contributed by atoms with van der Waals surface area (Å²) < 4.78 is 39.3. The van der Waals surface area contributed by atoms with E-state index in [0.717, 1.165) is 6.42 Å². The summed E-state index contributed by atoms with van der Waals surface area (Å²) in [7, 11) is 3.81. The average molecular weight is 322 g/mol. The smallest absolute Gasteiger partial charge is 0.377 e. The summed E-state index contributed by atoms with van der Waals surface area (Å²) in [5.74, 6) is -1.05. The van der Waals surface area contributed by atoms with Gasteiger partial charge in [-0.1, -0.05) is 6.92 Å².